The number of methoxy groups -OCH3 is 2. The summed E-state index contributed by atoms with van der Waals surface area (Å²) < 4.78 is 20.2. The van der Waals surface area contributed by atoms with E-state index in [-0.39, 0.29) is 0 Å². The normalized spacial score (nSPS) is 13.7. The van der Waals surface area contributed by atoms with E-state index in [0.717, 1.165) is 54.5 Å². The molecule has 0 spiro atoms. The van der Waals surface area contributed by atoms with Crippen molar-refractivity contribution in [2.75, 3.05) is 50.0 Å². The van der Waals surface area contributed by atoms with Crippen molar-refractivity contribution in [2.45, 2.75) is 18.2 Å². The van der Waals surface area contributed by atoms with Gasteiger partial charge in [0.2, 0.25) is 0 Å². The first-order valence-corrected chi connectivity index (χ1v) is 12.5. The summed E-state index contributed by atoms with van der Waals surface area (Å²) in [7, 11) is 3.32. The van der Waals surface area contributed by atoms with Crippen molar-refractivity contribution in [1.82, 2.24) is 15.5 Å². The minimum atomic E-state index is 0.421. The summed E-state index contributed by atoms with van der Waals surface area (Å²) in [6.45, 7) is 6.08. The molecule has 0 amide bonds. The summed E-state index contributed by atoms with van der Waals surface area (Å²) in [6.07, 6.45) is 0.945. The molecule has 0 aliphatic carbocycles. The predicted octanol–water partition coefficient (Wildman–Crippen LogP) is 5.00. The maximum absolute atomic E-state index is 5.74. The van der Waals surface area contributed by atoms with E-state index in [1.165, 1.54) is 23.2 Å². The lowest BCUT2D eigenvalue weighted by molar-refractivity contribution is 0.404. The van der Waals surface area contributed by atoms with Crippen molar-refractivity contribution < 1.29 is 14.0 Å². The fourth-order valence-corrected chi connectivity index (χ4v) is 5.01. The SMILES string of the molecule is CCc1ccc(OC)c(SNc2noc3nc(-c4cccc(N5CCNCC5)c4)cc(OC)c23)c1. The molecule has 8 nitrogen and oxygen atoms in total. The molecule has 2 N–H and O–H groups in total. The van der Waals surface area contributed by atoms with Crippen LogP contribution in [0.25, 0.3) is 22.4 Å². The van der Waals surface area contributed by atoms with Gasteiger partial charge in [0.25, 0.3) is 5.71 Å². The summed E-state index contributed by atoms with van der Waals surface area (Å²) in [5, 5.41) is 8.34. The molecule has 0 saturated carbocycles. The van der Waals surface area contributed by atoms with Crippen LogP contribution in [0.4, 0.5) is 11.5 Å². The zero-order valence-electron chi connectivity index (χ0n) is 20.1. The molecule has 0 bridgehead atoms. The van der Waals surface area contributed by atoms with Gasteiger partial charge < -0.3 is 28.9 Å². The van der Waals surface area contributed by atoms with Crippen molar-refractivity contribution in [3.8, 4) is 22.8 Å². The van der Waals surface area contributed by atoms with Gasteiger partial charge in [-0.15, -0.1) is 0 Å². The van der Waals surface area contributed by atoms with Crippen molar-refractivity contribution >= 4 is 34.6 Å². The number of hydrogen-bond donors (Lipinski definition) is 2. The molecule has 1 saturated heterocycles. The van der Waals surface area contributed by atoms with Gasteiger partial charge in [-0.05, 0) is 48.2 Å². The average molecular weight is 492 g/mol. The third kappa shape index (κ3) is 4.87. The summed E-state index contributed by atoms with van der Waals surface area (Å²) in [5.41, 5.74) is 4.61. The van der Waals surface area contributed by atoms with Gasteiger partial charge in [0.15, 0.2) is 5.82 Å². The molecule has 0 radical (unpaired) electrons. The van der Waals surface area contributed by atoms with E-state index in [1.807, 2.05) is 12.1 Å². The minimum Gasteiger partial charge on any atom is -0.496 e. The lowest BCUT2D eigenvalue weighted by Gasteiger charge is -2.29. The number of piperazine rings is 1. The first-order valence-electron chi connectivity index (χ1n) is 11.7. The fraction of sp³-hybridized carbons (Fsp3) is 0.308. The highest BCUT2D eigenvalue weighted by atomic mass is 32.2. The molecule has 4 aromatic rings. The monoisotopic (exact) mass is 491 g/mol. The van der Waals surface area contributed by atoms with Crippen LogP contribution >= 0.6 is 11.9 Å². The molecule has 5 rings (SSSR count). The first kappa shape index (κ1) is 23.3. The third-order valence-corrected chi connectivity index (χ3v) is 6.98. The number of rotatable bonds is 8. The van der Waals surface area contributed by atoms with Gasteiger partial charge in [-0.1, -0.05) is 30.3 Å². The maximum atomic E-state index is 5.74. The molecule has 3 heterocycles. The Morgan fingerprint density at radius 3 is 2.66 bits per heavy atom. The van der Waals surface area contributed by atoms with Crippen LogP contribution in [-0.4, -0.2) is 50.5 Å². The predicted molar refractivity (Wildman–Crippen MR) is 141 cm³/mol. The van der Waals surface area contributed by atoms with Crippen LogP contribution in [0.15, 0.2) is 57.9 Å². The first-order chi connectivity index (χ1) is 17.2. The van der Waals surface area contributed by atoms with Crippen LogP contribution in [0.3, 0.4) is 0 Å². The Kier molecular flexibility index (Phi) is 6.96. The summed E-state index contributed by atoms with van der Waals surface area (Å²) in [6, 6.07) is 16.5. The Labute approximate surface area is 209 Å². The van der Waals surface area contributed by atoms with Gasteiger partial charge >= 0.3 is 0 Å². The average Bonchev–Trinajstić information content (AvgIpc) is 3.34. The molecule has 35 heavy (non-hydrogen) atoms. The van der Waals surface area contributed by atoms with Crippen LogP contribution in [0.1, 0.15) is 12.5 Å². The molecular formula is C26H29N5O3S. The van der Waals surface area contributed by atoms with E-state index in [0.29, 0.717) is 22.7 Å². The van der Waals surface area contributed by atoms with Crippen molar-refractivity contribution in [2.24, 2.45) is 0 Å². The van der Waals surface area contributed by atoms with Gasteiger partial charge in [-0.25, -0.2) is 4.98 Å². The Morgan fingerprint density at radius 1 is 1.06 bits per heavy atom. The van der Waals surface area contributed by atoms with E-state index >= 15 is 0 Å². The van der Waals surface area contributed by atoms with Crippen LogP contribution in [0.2, 0.25) is 0 Å². The van der Waals surface area contributed by atoms with Crippen LogP contribution in [-0.2, 0) is 6.42 Å². The Bertz CT molecular complexity index is 1320. The number of aryl methyl sites for hydroxylation is 1. The van der Waals surface area contributed by atoms with Crippen LogP contribution in [0, 0.1) is 0 Å². The molecule has 0 unspecified atom stereocenters. The molecule has 9 heteroatoms. The molecular weight excluding hydrogens is 462 g/mol. The Balaban J connectivity index is 1.44. The number of anilines is 2. The second kappa shape index (κ2) is 10.5. The highest BCUT2D eigenvalue weighted by Gasteiger charge is 2.19. The zero-order chi connectivity index (χ0) is 24.2. The molecule has 182 valence electrons. The lowest BCUT2D eigenvalue weighted by Crippen LogP contribution is -2.43. The molecule has 0 atom stereocenters. The second-order valence-corrected chi connectivity index (χ2v) is 9.10. The smallest absolute Gasteiger partial charge is 0.264 e. The standard InChI is InChI=1S/C26H29N5O3S/c1-4-17-8-9-21(32-2)23(14-17)35-30-25-24-22(33-3)16-20(28-26(24)34-29-25)18-6-5-7-19(15-18)31-12-10-27-11-13-31/h5-9,14-16,27H,4,10-13H2,1-3H3,(H,29,30). The maximum Gasteiger partial charge on any atom is 0.264 e. The Morgan fingerprint density at radius 2 is 1.89 bits per heavy atom. The van der Waals surface area contributed by atoms with Gasteiger partial charge in [-0.3, -0.25) is 0 Å². The quantitative estimate of drug-likeness (QED) is 0.331. The van der Waals surface area contributed by atoms with Crippen molar-refractivity contribution in [3.05, 3.63) is 54.1 Å². The number of benzene rings is 2. The third-order valence-electron chi connectivity index (χ3n) is 6.15. The zero-order valence-corrected chi connectivity index (χ0v) is 20.9. The largest absolute Gasteiger partial charge is 0.496 e. The van der Waals surface area contributed by atoms with Crippen LogP contribution < -0.4 is 24.4 Å². The van der Waals surface area contributed by atoms with Crippen molar-refractivity contribution in [1.29, 1.82) is 0 Å². The molecule has 2 aromatic carbocycles. The number of hydrogen-bond acceptors (Lipinski definition) is 9. The van der Waals surface area contributed by atoms with Gasteiger partial charge in [-0.2, -0.15) is 0 Å². The molecule has 1 aliphatic rings. The summed E-state index contributed by atoms with van der Waals surface area (Å²) in [4.78, 5) is 8.11. The number of nitrogens with zero attached hydrogens (tertiary/aromatic N) is 3. The second-order valence-electron chi connectivity index (χ2n) is 8.25. The van der Waals surface area contributed by atoms with Crippen LogP contribution in [0.5, 0.6) is 11.5 Å². The fourth-order valence-electron chi connectivity index (χ4n) is 4.21. The van der Waals surface area contributed by atoms with Crippen molar-refractivity contribution in [3.63, 3.8) is 0 Å². The highest BCUT2D eigenvalue weighted by Crippen LogP contribution is 2.38. The number of pyridine rings is 1. The van der Waals surface area contributed by atoms with Gasteiger partial charge in [0, 0.05) is 43.5 Å². The number of nitrogens with one attached hydrogen (secondary N) is 2. The van der Waals surface area contributed by atoms with E-state index < -0.39 is 0 Å². The highest BCUT2D eigenvalue weighted by molar-refractivity contribution is 8.00. The minimum absolute atomic E-state index is 0.421. The number of fused-ring (bicyclic) bond motifs is 1. The van der Waals surface area contributed by atoms with E-state index in [9.17, 15) is 0 Å². The van der Waals surface area contributed by atoms with E-state index in [2.05, 4.69) is 63.4 Å². The van der Waals surface area contributed by atoms with Gasteiger partial charge in [0.1, 0.15) is 16.9 Å². The van der Waals surface area contributed by atoms with E-state index in [4.69, 9.17) is 19.0 Å². The number of aromatic nitrogens is 2. The topological polar surface area (TPSA) is 84.7 Å². The Hall–Kier alpha value is -3.43. The molecule has 1 fully saturated rings. The van der Waals surface area contributed by atoms with Gasteiger partial charge in [0.05, 0.1) is 24.8 Å². The molecule has 1 aliphatic heterocycles. The lowest BCUT2D eigenvalue weighted by atomic mass is 10.1. The molecule has 2 aromatic heterocycles. The number of ether oxygens (including phenoxy) is 2. The summed E-state index contributed by atoms with van der Waals surface area (Å²) >= 11 is 1.42. The van der Waals surface area contributed by atoms with E-state index in [1.54, 1.807) is 14.2 Å². The summed E-state index contributed by atoms with van der Waals surface area (Å²) in [5.74, 6) is 2.00.